The highest BCUT2D eigenvalue weighted by atomic mass is 35.5. The molecular formula is C22H22ClN3O5S. The molecule has 0 saturated carbocycles. The number of aromatic nitrogens is 1. The maximum Gasteiger partial charge on any atom is 0.295 e. The van der Waals surface area contributed by atoms with Gasteiger partial charge >= 0.3 is 0 Å². The summed E-state index contributed by atoms with van der Waals surface area (Å²) in [7, 11) is -4.41. The molecule has 4 rings (SSSR count). The summed E-state index contributed by atoms with van der Waals surface area (Å²) >= 11 is 5.93. The topological polar surface area (TPSA) is 100 Å². The van der Waals surface area contributed by atoms with E-state index >= 15 is 0 Å². The zero-order chi connectivity index (χ0) is 22.7. The summed E-state index contributed by atoms with van der Waals surface area (Å²) in [6, 6.07) is 13.5. The normalized spacial score (nSPS) is 15.1. The van der Waals surface area contributed by atoms with E-state index in [-0.39, 0.29) is 34.1 Å². The van der Waals surface area contributed by atoms with Gasteiger partial charge < -0.3 is 9.64 Å². The van der Waals surface area contributed by atoms with Crippen LogP contribution in [0.1, 0.15) is 5.56 Å². The fraction of sp³-hybridized carbons (Fsp3) is 0.273. The second-order valence-corrected chi connectivity index (χ2v) is 9.33. The monoisotopic (exact) mass is 475 g/mol. The van der Waals surface area contributed by atoms with Gasteiger partial charge in [0.15, 0.2) is 6.61 Å². The van der Waals surface area contributed by atoms with Crippen molar-refractivity contribution in [3.05, 3.63) is 65.3 Å². The van der Waals surface area contributed by atoms with Crippen LogP contribution in [-0.2, 0) is 21.5 Å². The first-order valence-electron chi connectivity index (χ1n) is 10.0. The van der Waals surface area contributed by atoms with Gasteiger partial charge in [0.2, 0.25) is 0 Å². The van der Waals surface area contributed by atoms with E-state index in [4.69, 9.17) is 16.3 Å². The number of ether oxygens (including phenoxy) is 1. The lowest BCUT2D eigenvalue weighted by molar-refractivity contribution is -0.135. The van der Waals surface area contributed by atoms with Crippen molar-refractivity contribution in [2.24, 2.45) is 0 Å². The van der Waals surface area contributed by atoms with Crippen molar-refractivity contribution in [3.8, 4) is 5.75 Å². The predicted octanol–water partition coefficient (Wildman–Crippen LogP) is 2.86. The number of amides is 1. The number of halogens is 1. The molecule has 10 heteroatoms. The molecule has 0 unspecified atom stereocenters. The third kappa shape index (κ3) is 5.18. The standard InChI is InChI=1S/C22H22ClN3O5S/c23-17-5-3-16(4-6-17)14-25-10-12-26(13-11-25)21(27)15-31-19-7-8-20(32(28,29)30)18-2-1-9-24-22(18)19/h1-9H,10-15H2,(H,28,29,30). The van der Waals surface area contributed by atoms with E-state index in [0.717, 1.165) is 19.6 Å². The molecule has 0 spiro atoms. The molecule has 0 aliphatic carbocycles. The second kappa shape index (κ2) is 9.41. The van der Waals surface area contributed by atoms with Gasteiger partial charge in [-0.1, -0.05) is 23.7 Å². The summed E-state index contributed by atoms with van der Waals surface area (Å²) in [4.78, 5) is 20.6. The smallest absolute Gasteiger partial charge is 0.295 e. The minimum Gasteiger partial charge on any atom is -0.481 e. The zero-order valence-electron chi connectivity index (χ0n) is 17.1. The molecule has 1 amide bonds. The lowest BCUT2D eigenvalue weighted by atomic mass is 10.2. The summed E-state index contributed by atoms with van der Waals surface area (Å²) in [6.45, 7) is 3.30. The van der Waals surface area contributed by atoms with Crippen molar-refractivity contribution in [3.63, 3.8) is 0 Å². The Hall–Kier alpha value is -2.72. The fourth-order valence-corrected chi connectivity index (χ4v) is 4.50. The van der Waals surface area contributed by atoms with Crippen molar-refractivity contribution >= 4 is 38.5 Å². The zero-order valence-corrected chi connectivity index (χ0v) is 18.7. The average molecular weight is 476 g/mol. The van der Waals surface area contributed by atoms with Gasteiger partial charge in [0.1, 0.15) is 16.2 Å². The number of hydrogen-bond donors (Lipinski definition) is 1. The van der Waals surface area contributed by atoms with Crippen molar-refractivity contribution < 1.29 is 22.5 Å². The Balaban J connectivity index is 1.36. The lowest BCUT2D eigenvalue weighted by Gasteiger charge is -2.34. The van der Waals surface area contributed by atoms with Gasteiger partial charge in [-0.2, -0.15) is 8.42 Å². The van der Waals surface area contributed by atoms with Gasteiger partial charge in [-0.05, 0) is 42.0 Å². The van der Waals surface area contributed by atoms with Crippen molar-refractivity contribution in [2.75, 3.05) is 32.8 Å². The van der Waals surface area contributed by atoms with E-state index in [9.17, 15) is 17.8 Å². The number of piperazine rings is 1. The van der Waals surface area contributed by atoms with E-state index in [1.54, 1.807) is 11.0 Å². The first kappa shape index (κ1) is 22.5. The number of hydrogen-bond acceptors (Lipinski definition) is 6. The first-order valence-corrected chi connectivity index (χ1v) is 11.9. The van der Waals surface area contributed by atoms with Gasteiger partial charge in [-0.25, -0.2) is 0 Å². The SMILES string of the molecule is O=C(COc1ccc(S(=O)(=O)O)c2cccnc12)N1CCN(Cc2ccc(Cl)cc2)CC1. The molecule has 3 aromatic rings. The average Bonchev–Trinajstić information content (AvgIpc) is 2.78. The predicted molar refractivity (Wildman–Crippen MR) is 120 cm³/mol. The fourth-order valence-electron chi connectivity index (χ4n) is 3.70. The minimum absolute atomic E-state index is 0.154. The maximum absolute atomic E-state index is 12.6. The van der Waals surface area contributed by atoms with Crippen LogP contribution in [0, 0.1) is 0 Å². The summed E-state index contributed by atoms with van der Waals surface area (Å²) in [5.41, 5.74) is 1.44. The van der Waals surface area contributed by atoms with Crippen molar-refractivity contribution in [1.29, 1.82) is 0 Å². The molecule has 8 nitrogen and oxygen atoms in total. The molecule has 1 N–H and O–H groups in total. The second-order valence-electron chi connectivity index (χ2n) is 7.51. The van der Waals surface area contributed by atoms with Gasteiger partial charge in [-0.3, -0.25) is 19.2 Å². The quantitative estimate of drug-likeness (QED) is 0.547. The Labute approximate surface area is 191 Å². The highest BCUT2D eigenvalue weighted by molar-refractivity contribution is 7.86. The van der Waals surface area contributed by atoms with E-state index in [0.29, 0.717) is 18.1 Å². The Morgan fingerprint density at radius 3 is 2.47 bits per heavy atom. The molecule has 0 radical (unpaired) electrons. The van der Waals surface area contributed by atoms with Gasteiger partial charge in [-0.15, -0.1) is 0 Å². The molecule has 1 aromatic heterocycles. The van der Waals surface area contributed by atoms with E-state index in [2.05, 4.69) is 9.88 Å². The van der Waals surface area contributed by atoms with Gasteiger partial charge in [0.05, 0.1) is 0 Å². The number of carbonyl (C=O) groups excluding carboxylic acids is 1. The van der Waals surface area contributed by atoms with E-state index in [1.165, 1.54) is 30.0 Å². The Morgan fingerprint density at radius 2 is 1.78 bits per heavy atom. The van der Waals surface area contributed by atoms with Gasteiger partial charge in [0.25, 0.3) is 16.0 Å². The van der Waals surface area contributed by atoms with Crippen LogP contribution >= 0.6 is 11.6 Å². The highest BCUT2D eigenvalue weighted by Gasteiger charge is 2.22. The van der Waals surface area contributed by atoms with Crippen LogP contribution in [0.25, 0.3) is 10.9 Å². The van der Waals surface area contributed by atoms with Crippen LogP contribution in [0.2, 0.25) is 5.02 Å². The lowest BCUT2D eigenvalue weighted by Crippen LogP contribution is -2.49. The van der Waals surface area contributed by atoms with E-state index < -0.39 is 10.1 Å². The van der Waals surface area contributed by atoms with Crippen LogP contribution in [0.15, 0.2) is 59.6 Å². The Kier molecular flexibility index (Phi) is 6.61. The highest BCUT2D eigenvalue weighted by Crippen LogP contribution is 2.29. The number of pyridine rings is 1. The molecule has 2 heterocycles. The molecule has 2 aromatic carbocycles. The van der Waals surface area contributed by atoms with Crippen molar-refractivity contribution in [1.82, 2.24) is 14.8 Å². The van der Waals surface area contributed by atoms with E-state index in [1.807, 2.05) is 24.3 Å². The summed E-state index contributed by atoms with van der Waals surface area (Å²) < 4.78 is 38.3. The summed E-state index contributed by atoms with van der Waals surface area (Å²) in [5.74, 6) is 0.127. The summed E-state index contributed by atoms with van der Waals surface area (Å²) in [6.07, 6.45) is 1.49. The first-order chi connectivity index (χ1) is 15.3. The molecule has 1 aliphatic heterocycles. The molecule has 1 saturated heterocycles. The Bertz CT molecular complexity index is 1230. The maximum atomic E-state index is 12.6. The van der Waals surface area contributed by atoms with Crippen LogP contribution in [-0.4, -0.2) is 66.4 Å². The number of carbonyl (C=O) groups is 1. The molecule has 1 aliphatic rings. The number of nitrogens with zero attached hydrogens (tertiary/aromatic N) is 3. The summed E-state index contributed by atoms with van der Waals surface area (Å²) in [5, 5.41) is 0.940. The molecule has 0 atom stereocenters. The largest absolute Gasteiger partial charge is 0.481 e. The third-order valence-electron chi connectivity index (χ3n) is 5.37. The molecular weight excluding hydrogens is 454 g/mol. The minimum atomic E-state index is -4.41. The van der Waals surface area contributed by atoms with Crippen LogP contribution in [0.4, 0.5) is 0 Å². The molecule has 1 fully saturated rings. The third-order valence-corrected chi connectivity index (χ3v) is 6.53. The molecule has 0 bridgehead atoms. The Morgan fingerprint density at radius 1 is 1.06 bits per heavy atom. The van der Waals surface area contributed by atoms with Gasteiger partial charge in [0, 0.05) is 49.3 Å². The number of benzene rings is 2. The molecule has 32 heavy (non-hydrogen) atoms. The number of fused-ring (bicyclic) bond motifs is 1. The van der Waals surface area contributed by atoms with Crippen LogP contribution < -0.4 is 4.74 Å². The van der Waals surface area contributed by atoms with Crippen LogP contribution in [0.3, 0.4) is 0 Å². The molecule has 168 valence electrons. The number of rotatable bonds is 6. The van der Waals surface area contributed by atoms with Crippen LogP contribution in [0.5, 0.6) is 5.75 Å². The van der Waals surface area contributed by atoms with Crippen molar-refractivity contribution in [2.45, 2.75) is 11.4 Å².